The number of carboxylic acids is 1. The number of β-amino-alcohol motifs (C(OH)–C–C–N with tert-alkyl or cyclic N) is 2. The maximum atomic E-state index is 10.8. The molecule has 2 atom stereocenters. The molecule has 16 heavy (non-hydrogen) atoms. The highest BCUT2D eigenvalue weighted by atomic mass is 16.4. The van der Waals surface area contributed by atoms with Crippen LogP contribution in [0, 0.1) is 0 Å². The van der Waals surface area contributed by atoms with Gasteiger partial charge in [-0.15, -0.1) is 0 Å². The van der Waals surface area contributed by atoms with E-state index in [4.69, 9.17) is 5.11 Å². The molecule has 3 N–H and O–H groups in total. The quantitative estimate of drug-likeness (QED) is 0.616. The van der Waals surface area contributed by atoms with Crippen molar-refractivity contribution in [1.82, 2.24) is 4.98 Å². The smallest absolute Gasteiger partial charge is 0.335 e. The Morgan fingerprint density at radius 3 is 2.56 bits per heavy atom. The lowest BCUT2D eigenvalue weighted by Gasteiger charge is -2.16. The van der Waals surface area contributed by atoms with Crippen LogP contribution in [0.5, 0.6) is 0 Å². The number of aliphatic hydroxyl groups is 2. The Balaban J connectivity index is 2.21. The molecule has 1 aromatic heterocycles. The maximum Gasteiger partial charge on any atom is 0.335 e. The normalized spacial score (nSPS) is 24.8. The van der Waals surface area contributed by atoms with E-state index in [1.54, 1.807) is 4.90 Å². The summed E-state index contributed by atoms with van der Waals surface area (Å²) in [6.07, 6.45) is -0.221. The number of aromatic nitrogens is 1. The molecule has 0 saturated carbocycles. The summed E-state index contributed by atoms with van der Waals surface area (Å²) < 4.78 is 0. The lowest BCUT2D eigenvalue weighted by Crippen LogP contribution is -2.22. The van der Waals surface area contributed by atoms with Gasteiger partial charge in [-0.3, -0.25) is 0 Å². The number of hydrogen-bond donors (Lipinski definition) is 3. The SMILES string of the molecule is O=C(O)c1ccnc(N2CC(O)C(O)C2)c1. The first-order chi connectivity index (χ1) is 7.58. The van der Waals surface area contributed by atoms with Crippen molar-refractivity contribution in [3.8, 4) is 0 Å². The predicted molar refractivity (Wildman–Crippen MR) is 55.4 cm³/mol. The third-order valence-corrected chi connectivity index (χ3v) is 2.58. The van der Waals surface area contributed by atoms with Crippen LogP contribution in [0.25, 0.3) is 0 Å². The summed E-state index contributed by atoms with van der Waals surface area (Å²) in [5.74, 6) is -0.570. The number of anilines is 1. The van der Waals surface area contributed by atoms with E-state index in [0.29, 0.717) is 5.82 Å². The zero-order valence-corrected chi connectivity index (χ0v) is 8.45. The van der Waals surface area contributed by atoms with Gasteiger partial charge in [-0.2, -0.15) is 0 Å². The number of pyridine rings is 1. The first-order valence-electron chi connectivity index (χ1n) is 4.88. The minimum atomic E-state index is -1.02. The first-order valence-corrected chi connectivity index (χ1v) is 4.88. The van der Waals surface area contributed by atoms with E-state index in [-0.39, 0.29) is 18.7 Å². The van der Waals surface area contributed by atoms with Crippen LogP contribution < -0.4 is 4.90 Å². The third kappa shape index (κ3) is 1.98. The molecule has 0 spiro atoms. The van der Waals surface area contributed by atoms with Crippen molar-refractivity contribution in [3.05, 3.63) is 23.9 Å². The number of hydrogen-bond acceptors (Lipinski definition) is 5. The molecule has 6 heteroatoms. The van der Waals surface area contributed by atoms with Gasteiger partial charge in [0.1, 0.15) is 5.82 Å². The first kappa shape index (κ1) is 10.8. The maximum absolute atomic E-state index is 10.8. The summed E-state index contributed by atoms with van der Waals surface area (Å²) in [7, 11) is 0. The van der Waals surface area contributed by atoms with Crippen LogP contribution in [0.3, 0.4) is 0 Å². The van der Waals surface area contributed by atoms with Crippen molar-refractivity contribution in [2.24, 2.45) is 0 Å². The molecule has 1 saturated heterocycles. The molecule has 1 fully saturated rings. The summed E-state index contributed by atoms with van der Waals surface area (Å²) >= 11 is 0. The number of carboxylic acid groups (broad SMARTS) is 1. The Bertz CT molecular complexity index is 400. The van der Waals surface area contributed by atoms with Crippen LogP contribution in [0.15, 0.2) is 18.3 Å². The second-order valence-electron chi connectivity index (χ2n) is 3.75. The van der Waals surface area contributed by atoms with Crippen LogP contribution in [-0.4, -0.2) is 51.6 Å². The van der Waals surface area contributed by atoms with Crippen molar-refractivity contribution in [2.75, 3.05) is 18.0 Å². The molecule has 0 radical (unpaired) electrons. The van der Waals surface area contributed by atoms with Crippen molar-refractivity contribution in [1.29, 1.82) is 0 Å². The van der Waals surface area contributed by atoms with E-state index in [0.717, 1.165) is 0 Å². The highest BCUT2D eigenvalue weighted by molar-refractivity contribution is 5.88. The number of aliphatic hydroxyl groups excluding tert-OH is 2. The van der Waals surface area contributed by atoms with Crippen LogP contribution in [0.4, 0.5) is 5.82 Å². The number of carbonyl (C=O) groups is 1. The standard InChI is InChI=1S/C10H12N2O4/c13-7-4-12(5-8(7)14)9-3-6(10(15)16)1-2-11-9/h1-3,7-8,13-14H,4-5H2,(H,15,16). The summed E-state index contributed by atoms with van der Waals surface area (Å²) in [6, 6.07) is 2.82. The molecule has 2 heterocycles. The molecule has 0 amide bonds. The van der Waals surface area contributed by atoms with Crippen LogP contribution in [0.1, 0.15) is 10.4 Å². The highest BCUT2D eigenvalue weighted by Gasteiger charge is 2.30. The Labute approximate surface area is 91.8 Å². The van der Waals surface area contributed by atoms with Gasteiger partial charge in [0.05, 0.1) is 17.8 Å². The van der Waals surface area contributed by atoms with Crippen molar-refractivity contribution >= 4 is 11.8 Å². The number of rotatable bonds is 2. The molecule has 0 bridgehead atoms. The predicted octanol–water partition coefficient (Wildman–Crippen LogP) is -0.678. The molecule has 0 aromatic carbocycles. The molecule has 6 nitrogen and oxygen atoms in total. The largest absolute Gasteiger partial charge is 0.478 e. The Morgan fingerprint density at radius 2 is 2.00 bits per heavy atom. The number of aromatic carboxylic acids is 1. The molecule has 1 aliphatic rings. The third-order valence-electron chi connectivity index (χ3n) is 2.58. The minimum absolute atomic E-state index is 0.140. The monoisotopic (exact) mass is 224 g/mol. The molecule has 0 aliphatic carbocycles. The van der Waals surface area contributed by atoms with Crippen molar-refractivity contribution < 1.29 is 20.1 Å². The summed E-state index contributed by atoms with van der Waals surface area (Å²) in [5, 5.41) is 27.6. The van der Waals surface area contributed by atoms with Crippen LogP contribution in [-0.2, 0) is 0 Å². The van der Waals surface area contributed by atoms with Gasteiger partial charge >= 0.3 is 5.97 Å². The minimum Gasteiger partial charge on any atom is -0.478 e. The van der Waals surface area contributed by atoms with Gasteiger partial charge in [0.15, 0.2) is 0 Å². The second-order valence-corrected chi connectivity index (χ2v) is 3.75. The second kappa shape index (κ2) is 4.07. The Morgan fingerprint density at radius 1 is 1.38 bits per heavy atom. The summed E-state index contributed by atoms with van der Waals surface area (Å²) in [6.45, 7) is 0.522. The van der Waals surface area contributed by atoms with E-state index in [1.807, 2.05) is 0 Å². The van der Waals surface area contributed by atoms with Gasteiger partial charge in [0.2, 0.25) is 0 Å². The lowest BCUT2D eigenvalue weighted by atomic mass is 10.2. The van der Waals surface area contributed by atoms with Gasteiger partial charge in [-0.05, 0) is 12.1 Å². The van der Waals surface area contributed by atoms with E-state index in [2.05, 4.69) is 4.98 Å². The average Bonchev–Trinajstić information content (AvgIpc) is 2.59. The van der Waals surface area contributed by atoms with E-state index >= 15 is 0 Å². The van der Waals surface area contributed by atoms with E-state index < -0.39 is 18.2 Å². The van der Waals surface area contributed by atoms with Gasteiger partial charge in [-0.25, -0.2) is 9.78 Å². The Kier molecular flexibility index (Phi) is 2.76. The number of nitrogens with zero attached hydrogens (tertiary/aromatic N) is 2. The fourth-order valence-electron chi connectivity index (χ4n) is 1.68. The van der Waals surface area contributed by atoms with Gasteiger partial charge in [0.25, 0.3) is 0 Å². The van der Waals surface area contributed by atoms with Crippen molar-refractivity contribution in [2.45, 2.75) is 12.2 Å². The molecule has 2 unspecified atom stereocenters. The van der Waals surface area contributed by atoms with Gasteiger partial charge < -0.3 is 20.2 Å². The fourth-order valence-corrected chi connectivity index (χ4v) is 1.68. The lowest BCUT2D eigenvalue weighted by molar-refractivity contribution is 0.0572. The van der Waals surface area contributed by atoms with Gasteiger partial charge in [0, 0.05) is 19.3 Å². The molecule has 1 aromatic rings. The zero-order valence-electron chi connectivity index (χ0n) is 8.45. The van der Waals surface area contributed by atoms with Crippen LogP contribution in [0.2, 0.25) is 0 Å². The average molecular weight is 224 g/mol. The summed E-state index contributed by atoms with van der Waals surface area (Å²) in [5.41, 5.74) is 0.140. The Hall–Kier alpha value is -1.66. The molecule has 1 aliphatic heterocycles. The fraction of sp³-hybridized carbons (Fsp3) is 0.400. The topological polar surface area (TPSA) is 93.9 Å². The molecular weight excluding hydrogens is 212 g/mol. The highest BCUT2D eigenvalue weighted by Crippen LogP contribution is 2.19. The molecular formula is C10H12N2O4. The van der Waals surface area contributed by atoms with E-state index in [1.165, 1.54) is 18.3 Å². The zero-order chi connectivity index (χ0) is 11.7. The van der Waals surface area contributed by atoms with Gasteiger partial charge in [-0.1, -0.05) is 0 Å². The van der Waals surface area contributed by atoms with E-state index in [9.17, 15) is 15.0 Å². The van der Waals surface area contributed by atoms with Crippen molar-refractivity contribution in [3.63, 3.8) is 0 Å². The molecule has 2 rings (SSSR count). The van der Waals surface area contributed by atoms with Crippen LogP contribution >= 0.6 is 0 Å². The molecule has 86 valence electrons. The summed E-state index contributed by atoms with van der Waals surface area (Å²) in [4.78, 5) is 16.4.